The van der Waals surface area contributed by atoms with Gasteiger partial charge in [0.1, 0.15) is 5.82 Å². The van der Waals surface area contributed by atoms with Crippen molar-refractivity contribution >= 4 is 28.8 Å². The van der Waals surface area contributed by atoms with Crippen molar-refractivity contribution in [2.45, 2.75) is 52.5 Å². The average Bonchev–Trinajstić information content (AvgIpc) is 2.99. The molecule has 2 aliphatic heterocycles. The maximum absolute atomic E-state index is 14.4. The van der Waals surface area contributed by atoms with Gasteiger partial charge in [0, 0.05) is 36.0 Å². The zero-order chi connectivity index (χ0) is 23.3. The van der Waals surface area contributed by atoms with Crippen molar-refractivity contribution in [3.8, 4) is 0 Å². The molecule has 4 aliphatic rings. The van der Waals surface area contributed by atoms with Gasteiger partial charge in [-0.05, 0) is 74.1 Å². The first-order chi connectivity index (χ1) is 16.5. The van der Waals surface area contributed by atoms with Crippen LogP contribution in [0.4, 0.5) is 22.9 Å². The number of carbonyl (C=O) groups is 1. The van der Waals surface area contributed by atoms with Crippen LogP contribution >= 0.6 is 0 Å². The van der Waals surface area contributed by atoms with Crippen molar-refractivity contribution in [1.29, 1.82) is 0 Å². The van der Waals surface area contributed by atoms with Crippen molar-refractivity contribution in [3.05, 3.63) is 42.1 Å². The summed E-state index contributed by atoms with van der Waals surface area (Å²) in [5.41, 5.74) is 3.83. The fraction of sp³-hybridized carbons (Fsp3) is 0.571. The minimum Gasteiger partial charge on any atom is -0.378 e. The van der Waals surface area contributed by atoms with Gasteiger partial charge in [0.2, 0.25) is 5.91 Å². The maximum Gasteiger partial charge on any atom is 0.233 e. The molecule has 1 amide bonds. The molecule has 180 valence electrons. The van der Waals surface area contributed by atoms with Crippen LogP contribution in [0.15, 0.2) is 36.5 Å². The van der Waals surface area contributed by atoms with Crippen molar-refractivity contribution in [2.24, 2.45) is 23.2 Å². The lowest BCUT2D eigenvalue weighted by Crippen LogP contribution is -2.48. The molecule has 34 heavy (non-hydrogen) atoms. The van der Waals surface area contributed by atoms with E-state index in [4.69, 9.17) is 4.74 Å². The molecule has 0 spiro atoms. The fourth-order valence-corrected chi connectivity index (χ4v) is 7.20. The number of hydrogen-bond acceptors (Lipinski definition) is 5. The topological polar surface area (TPSA) is 57.7 Å². The summed E-state index contributed by atoms with van der Waals surface area (Å²) in [4.78, 5) is 23.5. The van der Waals surface area contributed by atoms with E-state index in [0.29, 0.717) is 18.4 Å². The zero-order valence-electron chi connectivity index (χ0n) is 20.4. The van der Waals surface area contributed by atoms with E-state index in [2.05, 4.69) is 58.2 Å². The largest absolute Gasteiger partial charge is 0.378 e. The predicted molar refractivity (Wildman–Crippen MR) is 136 cm³/mol. The van der Waals surface area contributed by atoms with E-state index in [-0.39, 0.29) is 11.3 Å². The van der Waals surface area contributed by atoms with Gasteiger partial charge in [-0.2, -0.15) is 0 Å². The second kappa shape index (κ2) is 8.56. The summed E-state index contributed by atoms with van der Waals surface area (Å²) in [6, 6.07) is 10.5. The molecule has 3 heterocycles. The summed E-state index contributed by atoms with van der Waals surface area (Å²) < 4.78 is 5.56. The normalized spacial score (nSPS) is 30.6. The molecule has 2 saturated carbocycles. The monoisotopic (exact) mass is 460 g/mol. The first-order valence-corrected chi connectivity index (χ1v) is 13.0. The summed E-state index contributed by atoms with van der Waals surface area (Å²) in [6.45, 7) is 8.41. The molecule has 2 atom stereocenters. The first kappa shape index (κ1) is 21.9. The second-order valence-electron chi connectivity index (χ2n) is 11.3. The number of benzene rings is 1. The van der Waals surface area contributed by atoms with Crippen LogP contribution in [0, 0.1) is 23.2 Å². The molecule has 1 aromatic heterocycles. The van der Waals surface area contributed by atoms with Gasteiger partial charge >= 0.3 is 0 Å². The van der Waals surface area contributed by atoms with Crippen molar-refractivity contribution in [2.75, 3.05) is 41.4 Å². The fourth-order valence-electron chi connectivity index (χ4n) is 7.20. The number of rotatable bonds is 2. The molecule has 1 saturated heterocycles. The van der Waals surface area contributed by atoms with Gasteiger partial charge < -0.3 is 19.9 Å². The zero-order valence-corrected chi connectivity index (χ0v) is 20.4. The number of nitrogens with zero attached hydrogens (tertiary/aromatic N) is 3. The van der Waals surface area contributed by atoms with Crippen molar-refractivity contribution in [1.82, 2.24) is 4.98 Å². The van der Waals surface area contributed by atoms with Gasteiger partial charge in [0.05, 0.1) is 31.1 Å². The number of pyridine rings is 1. The minimum atomic E-state index is -0.313. The molecule has 1 N–H and O–H groups in total. The van der Waals surface area contributed by atoms with Crippen molar-refractivity contribution < 1.29 is 9.53 Å². The third kappa shape index (κ3) is 3.96. The maximum atomic E-state index is 14.4. The standard InChI is InChI=1S/C28H36N4O2/c1-19-12-20-14-21(13-19)17-28(2,16-20)27(33)32-18-22-4-3-7-29-26(22)30-24-6-5-23(15-25(24)32)31-8-10-34-11-9-31/h3-7,15,19-21H,8-14,16-18H2,1-2H3,(H,29,30). The van der Waals surface area contributed by atoms with Gasteiger partial charge in [0.15, 0.2) is 0 Å². The SMILES string of the molecule is CC1CC2CC(C1)CC(C)(C(=O)N1Cc3cccnc3Nc3ccc(N4CCOCC4)cc31)C2. The quantitative estimate of drug-likeness (QED) is 0.654. The number of anilines is 4. The van der Waals surface area contributed by atoms with Gasteiger partial charge in [-0.1, -0.05) is 19.9 Å². The summed E-state index contributed by atoms with van der Waals surface area (Å²) in [7, 11) is 0. The van der Waals surface area contributed by atoms with E-state index >= 15 is 0 Å². The molecule has 2 aromatic rings. The highest BCUT2D eigenvalue weighted by atomic mass is 16.5. The van der Waals surface area contributed by atoms with Gasteiger partial charge in [-0.25, -0.2) is 4.98 Å². The highest BCUT2D eigenvalue weighted by Crippen LogP contribution is 2.52. The predicted octanol–water partition coefficient (Wildman–Crippen LogP) is 5.36. The van der Waals surface area contributed by atoms with E-state index in [1.807, 2.05) is 12.3 Å². The number of morpholine rings is 1. The number of nitrogens with one attached hydrogen (secondary N) is 1. The van der Waals surface area contributed by atoms with Crippen LogP contribution in [0.1, 0.15) is 51.5 Å². The number of aromatic nitrogens is 1. The number of fused-ring (bicyclic) bond motifs is 4. The van der Waals surface area contributed by atoms with E-state index in [9.17, 15) is 4.79 Å². The Bertz CT molecular complexity index is 1060. The minimum absolute atomic E-state index is 0.274. The molecule has 6 rings (SSSR count). The summed E-state index contributed by atoms with van der Waals surface area (Å²) in [5, 5.41) is 3.53. The van der Waals surface area contributed by atoms with Crippen LogP contribution in [0.5, 0.6) is 0 Å². The third-order valence-corrected chi connectivity index (χ3v) is 8.50. The van der Waals surface area contributed by atoms with Crippen LogP contribution in [-0.4, -0.2) is 37.2 Å². The third-order valence-electron chi connectivity index (χ3n) is 8.50. The molecule has 6 nitrogen and oxygen atoms in total. The first-order valence-electron chi connectivity index (χ1n) is 13.0. The van der Waals surface area contributed by atoms with Gasteiger partial charge in [0.25, 0.3) is 0 Å². The average molecular weight is 461 g/mol. The summed E-state index contributed by atoms with van der Waals surface area (Å²) >= 11 is 0. The Hall–Kier alpha value is -2.60. The van der Waals surface area contributed by atoms with E-state index < -0.39 is 0 Å². The Balaban J connectivity index is 1.38. The smallest absolute Gasteiger partial charge is 0.233 e. The Labute approximate surface area is 202 Å². The summed E-state index contributed by atoms with van der Waals surface area (Å²) in [6.07, 6.45) is 7.68. The Morgan fingerprint density at radius 1 is 1.12 bits per heavy atom. The molecule has 6 heteroatoms. The Kier molecular flexibility index (Phi) is 5.51. The van der Waals surface area contributed by atoms with Crippen molar-refractivity contribution in [3.63, 3.8) is 0 Å². The molecular weight excluding hydrogens is 424 g/mol. The van der Waals surface area contributed by atoms with E-state index in [1.165, 1.54) is 19.3 Å². The number of amides is 1. The lowest BCUT2D eigenvalue weighted by Gasteiger charge is -2.47. The van der Waals surface area contributed by atoms with Crippen LogP contribution in [0.25, 0.3) is 0 Å². The van der Waals surface area contributed by atoms with Crippen LogP contribution < -0.4 is 15.1 Å². The molecule has 0 radical (unpaired) electrons. The number of hydrogen-bond donors (Lipinski definition) is 1. The lowest BCUT2D eigenvalue weighted by molar-refractivity contribution is -0.132. The molecule has 2 aliphatic carbocycles. The highest BCUT2D eigenvalue weighted by molar-refractivity contribution is 6.02. The molecule has 1 aromatic carbocycles. The van der Waals surface area contributed by atoms with Crippen LogP contribution in [-0.2, 0) is 16.1 Å². The highest BCUT2D eigenvalue weighted by Gasteiger charge is 2.47. The number of carbonyl (C=O) groups excluding carboxylic acids is 1. The molecular formula is C28H36N4O2. The Morgan fingerprint density at radius 2 is 1.88 bits per heavy atom. The van der Waals surface area contributed by atoms with Crippen LogP contribution in [0.3, 0.4) is 0 Å². The molecule has 2 bridgehead atoms. The molecule has 2 unspecified atom stereocenters. The van der Waals surface area contributed by atoms with Gasteiger partial charge in [-0.15, -0.1) is 0 Å². The lowest BCUT2D eigenvalue weighted by atomic mass is 9.59. The van der Waals surface area contributed by atoms with E-state index in [0.717, 1.165) is 73.5 Å². The molecule has 3 fully saturated rings. The Morgan fingerprint density at radius 3 is 2.65 bits per heavy atom. The van der Waals surface area contributed by atoms with E-state index in [1.54, 1.807) is 0 Å². The second-order valence-corrected chi connectivity index (χ2v) is 11.3. The van der Waals surface area contributed by atoms with Crippen LogP contribution in [0.2, 0.25) is 0 Å². The summed E-state index contributed by atoms with van der Waals surface area (Å²) in [5.74, 6) is 3.26. The number of ether oxygens (including phenoxy) is 1. The van der Waals surface area contributed by atoms with Gasteiger partial charge in [-0.3, -0.25) is 4.79 Å².